The molecule has 0 bridgehead atoms. The van der Waals surface area contributed by atoms with Crippen LogP contribution in [0.15, 0.2) is 4.99 Å². The lowest BCUT2D eigenvalue weighted by atomic mass is 10.1. The molecule has 0 atom stereocenters. The van der Waals surface area contributed by atoms with Crippen LogP contribution in [0.25, 0.3) is 0 Å². The molecule has 158 valence electrons. The molecule has 1 aliphatic carbocycles. The van der Waals surface area contributed by atoms with Crippen molar-refractivity contribution in [3.05, 3.63) is 0 Å². The summed E-state index contributed by atoms with van der Waals surface area (Å²) in [4.78, 5) is 21.3. The minimum atomic E-state index is 0. The first-order valence-electron chi connectivity index (χ1n) is 9.96. The second-order valence-electron chi connectivity index (χ2n) is 7.96. The van der Waals surface area contributed by atoms with Gasteiger partial charge in [0, 0.05) is 63.5 Å². The van der Waals surface area contributed by atoms with E-state index in [4.69, 9.17) is 0 Å². The molecule has 0 aromatic carbocycles. The second-order valence-corrected chi connectivity index (χ2v) is 9.48. The van der Waals surface area contributed by atoms with E-state index >= 15 is 0 Å². The molecule has 0 unspecified atom stereocenters. The molecule has 1 heterocycles. The van der Waals surface area contributed by atoms with E-state index in [9.17, 15) is 4.79 Å². The molecule has 1 saturated heterocycles. The number of halogens is 1. The molecule has 1 saturated carbocycles. The molecule has 1 amide bonds. The highest BCUT2D eigenvalue weighted by Gasteiger charge is 2.29. The molecule has 1 aliphatic heterocycles. The molecule has 2 N–H and O–H groups in total. The van der Waals surface area contributed by atoms with Crippen LogP contribution in [-0.4, -0.2) is 85.5 Å². The number of carbonyl (C=O) groups is 1. The number of carbonyl (C=O) groups excluding carboxylic acids is 1. The summed E-state index contributed by atoms with van der Waals surface area (Å²) in [5, 5.41) is 6.80. The molecular formula is C19H38IN5OS. The summed E-state index contributed by atoms with van der Waals surface area (Å²) in [6.07, 6.45) is 6.79. The van der Waals surface area contributed by atoms with E-state index < -0.39 is 0 Å². The number of guanidine groups is 1. The SMILES string of the molecule is CN=C(NCCN1CCN(C(=O)C2CCCC2)CC1)NCC(C)(C)SC.I. The Balaban J connectivity index is 0.00000364. The van der Waals surface area contributed by atoms with Gasteiger partial charge < -0.3 is 15.5 Å². The first-order valence-corrected chi connectivity index (χ1v) is 11.2. The molecule has 0 aromatic rings. The van der Waals surface area contributed by atoms with E-state index in [1.54, 1.807) is 0 Å². The first-order chi connectivity index (χ1) is 12.4. The average molecular weight is 512 g/mol. The van der Waals surface area contributed by atoms with Gasteiger partial charge in [0.15, 0.2) is 5.96 Å². The third kappa shape index (κ3) is 8.35. The van der Waals surface area contributed by atoms with Gasteiger partial charge in [-0.1, -0.05) is 12.8 Å². The third-order valence-electron chi connectivity index (χ3n) is 5.57. The summed E-state index contributed by atoms with van der Waals surface area (Å²) in [6.45, 7) is 10.9. The zero-order valence-electron chi connectivity index (χ0n) is 17.4. The molecule has 0 radical (unpaired) electrons. The number of rotatable bonds is 7. The average Bonchev–Trinajstić information content (AvgIpc) is 3.19. The van der Waals surface area contributed by atoms with Crippen LogP contribution < -0.4 is 10.6 Å². The van der Waals surface area contributed by atoms with Crippen LogP contribution in [0.5, 0.6) is 0 Å². The maximum atomic E-state index is 12.5. The van der Waals surface area contributed by atoms with Crippen LogP contribution in [0.1, 0.15) is 39.5 Å². The lowest BCUT2D eigenvalue weighted by Crippen LogP contribution is -2.52. The van der Waals surface area contributed by atoms with Crippen molar-refractivity contribution in [2.75, 3.05) is 59.1 Å². The van der Waals surface area contributed by atoms with E-state index in [1.165, 1.54) is 12.8 Å². The van der Waals surface area contributed by atoms with Crippen molar-refractivity contribution >= 4 is 47.6 Å². The van der Waals surface area contributed by atoms with Crippen LogP contribution >= 0.6 is 35.7 Å². The van der Waals surface area contributed by atoms with E-state index in [1.807, 2.05) is 18.8 Å². The smallest absolute Gasteiger partial charge is 0.225 e. The zero-order valence-corrected chi connectivity index (χ0v) is 20.6. The summed E-state index contributed by atoms with van der Waals surface area (Å²) in [6, 6.07) is 0. The molecule has 2 aliphatic rings. The van der Waals surface area contributed by atoms with Gasteiger partial charge in [0.1, 0.15) is 0 Å². The zero-order chi connectivity index (χ0) is 19.0. The number of piperazine rings is 1. The minimum Gasteiger partial charge on any atom is -0.355 e. The third-order valence-corrected chi connectivity index (χ3v) is 6.82. The molecule has 0 aromatic heterocycles. The van der Waals surface area contributed by atoms with Crippen LogP contribution in [0.2, 0.25) is 0 Å². The lowest BCUT2D eigenvalue weighted by Gasteiger charge is -2.36. The highest BCUT2D eigenvalue weighted by Crippen LogP contribution is 2.26. The summed E-state index contributed by atoms with van der Waals surface area (Å²) < 4.78 is 0.194. The van der Waals surface area contributed by atoms with Crippen LogP contribution in [-0.2, 0) is 4.79 Å². The quantitative estimate of drug-likeness (QED) is 0.312. The largest absolute Gasteiger partial charge is 0.355 e. The van der Waals surface area contributed by atoms with Gasteiger partial charge in [0.25, 0.3) is 0 Å². The number of nitrogens with one attached hydrogen (secondary N) is 2. The molecule has 8 heteroatoms. The Kier molecular flexibility index (Phi) is 11.4. The Bertz CT molecular complexity index is 475. The van der Waals surface area contributed by atoms with Crippen LogP contribution in [0.3, 0.4) is 0 Å². The minimum absolute atomic E-state index is 0. The van der Waals surface area contributed by atoms with Crippen LogP contribution in [0.4, 0.5) is 0 Å². The van der Waals surface area contributed by atoms with Gasteiger partial charge in [0.2, 0.25) is 5.91 Å². The Labute approximate surface area is 186 Å². The number of nitrogens with zero attached hydrogens (tertiary/aromatic N) is 3. The highest BCUT2D eigenvalue weighted by molar-refractivity contribution is 14.0. The van der Waals surface area contributed by atoms with Crippen LogP contribution in [0, 0.1) is 5.92 Å². The summed E-state index contributed by atoms with van der Waals surface area (Å²) in [5.41, 5.74) is 0. The Morgan fingerprint density at radius 3 is 2.33 bits per heavy atom. The van der Waals surface area contributed by atoms with E-state index in [0.29, 0.717) is 11.8 Å². The van der Waals surface area contributed by atoms with Gasteiger partial charge in [-0.2, -0.15) is 11.8 Å². The highest BCUT2D eigenvalue weighted by atomic mass is 127. The first kappa shape index (κ1) is 24.8. The summed E-state index contributed by atoms with van der Waals surface area (Å²) in [5.74, 6) is 1.58. The molecule has 27 heavy (non-hydrogen) atoms. The fourth-order valence-corrected chi connectivity index (χ4v) is 3.76. The standard InChI is InChI=1S/C19H37N5OS.HI/c1-19(2,26-4)15-22-18(20-3)21-9-10-23-11-13-24(14-12-23)17(25)16-7-5-6-8-16;/h16H,5-15H2,1-4H3,(H2,20,21,22);1H. The van der Waals surface area contributed by atoms with Crippen molar-refractivity contribution in [1.29, 1.82) is 0 Å². The predicted molar refractivity (Wildman–Crippen MR) is 127 cm³/mol. The number of hydrogen-bond acceptors (Lipinski definition) is 4. The van der Waals surface area contributed by atoms with Gasteiger partial charge >= 0.3 is 0 Å². The van der Waals surface area contributed by atoms with Crippen molar-refractivity contribution in [3.63, 3.8) is 0 Å². The number of aliphatic imine (C=N–C) groups is 1. The fraction of sp³-hybridized carbons (Fsp3) is 0.895. The normalized spacial score (nSPS) is 19.7. The van der Waals surface area contributed by atoms with Gasteiger partial charge in [0.05, 0.1) is 0 Å². The van der Waals surface area contributed by atoms with Gasteiger partial charge in [-0.05, 0) is 32.9 Å². The number of amides is 1. The monoisotopic (exact) mass is 511 g/mol. The Morgan fingerprint density at radius 1 is 1.15 bits per heavy atom. The summed E-state index contributed by atoms with van der Waals surface area (Å²) in [7, 11) is 1.81. The van der Waals surface area contributed by atoms with Gasteiger partial charge in [-0.3, -0.25) is 14.7 Å². The van der Waals surface area contributed by atoms with E-state index in [0.717, 1.165) is 64.6 Å². The topological polar surface area (TPSA) is 60.0 Å². The number of hydrogen-bond donors (Lipinski definition) is 2. The number of thioether (sulfide) groups is 1. The molecule has 6 nitrogen and oxygen atoms in total. The van der Waals surface area contributed by atoms with Gasteiger partial charge in [-0.25, -0.2) is 0 Å². The lowest BCUT2D eigenvalue weighted by molar-refractivity contribution is -0.137. The second kappa shape index (κ2) is 12.4. The predicted octanol–water partition coefficient (Wildman–Crippen LogP) is 2.25. The van der Waals surface area contributed by atoms with Crippen molar-refractivity contribution in [3.8, 4) is 0 Å². The van der Waals surface area contributed by atoms with Gasteiger partial charge in [-0.15, -0.1) is 24.0 Å². The molecular weight excluding hydrogens is 473 g/mol. The maximum Gasteiger partial charge on any atom is 0.225 e. The van der Waals surface area contributed by atoms with E-state index in [-0.39, 0.29) is 28.7 Å². The molecule has 2 rings (SSSR count). The Morgan fingerprint density at radius 2 is 1.78 bits per heavy atom. The fourth-order valence-electron chi connectivity index (χ4n) is 3.54. The molecule has 2 fully saturated rings. The van der Waals surface area contributed by atoms with E-state index in [2.05, 4.69) is 45.5 Å². The molecule has 0 spiro atoms. The summed E-state index contributed by atoms with van der Waals surface area (Å²) >= 11 is 1.85. The van der Waals surface area contributed by atoms with Crippen molar-refractivity contribution < 1.29 is 4.79 Å². The maximum absolute atomic E-state index is 12.5. The Hall–Kier alpha value is -0.220. The van der Waals surface area contributed by atoms with Crippen molar-refractivity contribution in [2.45, 2.75) is 44.3 Å². The van der Waals surface area contributed by atoms with Crippen molar-refractivity contribution in [1.82, 2.24) is 20.4 Å². The van der Waals surface area contributed by atoms with Crippen molar-refractivity contribution in [2.24, 2.45) is 10.9 Å².